The van der Waals surface area contributed by atoms with Gasteiger partial charge >= 0.3 is 5.69 Å². The van der Waals surface area contributed by atoms with E-state index in [-0.39, 0.29) is 17.9 Å². The molecule has 29 heavy (non-hydrogen) atoms. The van der Waals surface area contributed by atoms with Gasteiger partial charge in [-0.05, 0) is 31.2 Å². The van der Waals surface area contributed by atoms with Crippen LogP contribution in [0.2, 0.25) is 0 Å². The highest BCUT2D eigenvalue weighted by molar-refractivity contribution is 5.71. The van der Waals surface area contributed by atoms with Crippen LogP contribution in [0.15, 0.2) is 39.9 Å². The Bertz CT molecular complexity index is 1060. The number of hydrogen-bond acceptors (Lipinski definition) is 4. The van der Waals surface area contributed by atoms with E-state index in [4.69, 9.17) is 0 Å². The molecule has 0 spiro atoms. The maximum Gasteiger partial charge on any atom is 0.332 e. The molecular weight excluding hydrogens is 368 g/mol. The van der Waals surface area contributed by atoms with Gasteiger partial charge in [-0.2, -0.15) is 0 Å². The smallest absolute Gasteiger partial charge is 0.332 e. The molecular formula is C22H30N4O3. The second-order valence-corrected chi connectivity index (χ2v) is 7.34. The minimum Gasteiger partial charge on any atom is -0.388 e. The highest BCUT2D eigenvalue weighted by atomic mass is 16.3. The van der Waals surface area contributed by atoms with Crippen molar-refractivity contribution in [3.8, 4) is 0 Å². The lowest BCUT2D eigenvalue weighted by atomic mass is 10.1. The van der Waals surface area contributed by atoms with Gasteiger partial charge in [0.2, 0.25) is 0 Å². The van der Waals surface area contributed by atoms with Gasteiger partial charge in [0.1, 0.15) is 12.4 Å². The number of imidazole rings is 1. The molecule has 0 unspecified atom stereocenters. The molecule has 0 saturated heterocycles. The lowest BCUT2D eigenvalue weighted by Gasteiger charge is -2.12. The summed E-state index contributed by atoms with van der Waals surface area (Å²) in [5, 5.41) is 9.73. The fraction of sp³-hybridized carbons (Fsp3) is 0.500. The fourth-order valence-corrected chi connectivity index (χ4v) is 3.72. The third kappa shape index (κ3) is 4.34. The molecule has 7 nitrogen and oxygen atoms in total. The van der Waals surface area contributed by atoms with Crippen molar-refractivity contribution in [2.45, 2.75) is 72.2 Å². The molecule has 0 amide bonds. The maximum atomic E-state index is 13.2. The molecule has 156 valence electrons. The number of fused-ring (bicyclic) bond motifs is 1. The zero-order chi connectivity index (χ0) is 20.8. The molecule has 1 aromatic carbocycles. The first-order valence-electron chi connectivity index (χ1n) is 10.5. The minimum atomic E-state index is -0.313. The van der Waals surface area contributed by atoms with Crippen molar-refractivity contribution in [1.29, 1.82) is 0 Å². The van der Waals surface area contributed by atoms with E-state index in [2.05, 4.69) is 24.0 Å². The Hall–Kier alpha value is -2.67. The predicted molar refractivity (Wildman–Crippen MR) is 114 cm³/mol. The highest BCUT2D eigenvalue weighted by Crippen LogP contribution is 2.14. The summed E-state index contributed by atoms with van der Waals surface area (Å²) in [7, 11) is 0. The molecule has 0 fully saturated rings. The lowest BCUT2D eigenvalue weighted by Crippen LogP contribution is -2.41. The van der Waals surface area contributed by atoms with Crippen LogP contribution >= 0.6 is 0 Å². The van der Waals surface area contributed by atoms with Crippen molar-refractivity contribution in [2.75, 3.05) is 0 Å². The minimum absolute atomic E-state index is 0.260. The van der Waals surface area contributed by atoms with E-state index < -0.39 is 0 Å². The van der Waals surface area contributed by atoms with Crippen LogP contribution in [0.1, 0.15) is 50.9 Å². The maximum absolute atomic E-state index is 13.2. The highest BCUT2D eigenvalue weighted by Gasteiger charge is 2.20. The van der Waals surface area contributed by atoms with Gasteiger partial charge in [-0.15, -0.1) is 0 Å². The van der Waals surface area contributed by atoms with Gasteiger partial charge in [0.15, 0.2) is 11.2 Å². The van der Waals surface area contributed by atoms with Crippen molar-refractivity contribution >= 4 is 11.2 Å². The van der Waals surface area contributed by atoms with Crippen LogP contribution < -0.4 is 11.2 Å². The monoisotopic (exact) mass is 398 g/mol. The van der Waals surface area contributed by atoms with E-state index in [1.807, 2.05) is 25.1 Å². The SMILES string of the molecule is CCCCn1c(=O)n(CCCc2ccccc2)c(=O)c2c1nc(CO)n2CCC. The third-order valence-electron chi connectivity index (χ3n) is 5.21. The van der Waals surface area contributed by atoms with Gasteiger partial charge in [0.25, 0.3) is 5.56 Å². The number of unbranched alkanes of at least 4 members (excludes halogenated alkanes) is 1. The summed E-state index contributed by atoms with van der Waals surface area (Å²) in [4.78, 5) is 30.8. The van der Waals surface area contributed by atoms with Crippen molar-refractivity contribution in [3.63, 3.8) is 0 Å². The number of aromatic nitrogens is 4. The summed E-state index contributed by atoms with van der Waals surface area (Å²) in [6.45, 7) is 5.27. The molecule has 7 heteroatoms. The van der Waals surface area contributed by atoms with Gasteiger partial charge in [-0.1, -0.05) is 50.6 Å². The van der Waals surface area contributed by atoms with E-state index in [1.54, 1.807) is 9.13 Å². The van der Waals surface area contributed by atoms with E-state index in [0.29, 0.717) is 43.0 Å². The molecule has 0 bridgehead atoms. The Balaban J connectivity index is 2.06. The van der Waals surface area contributed by atoms with E-state index in [9.17, 15) is 14.7 Å². The van der Waals surface area contributed by atoms with E-state index in [1.165, 1.54) is 10.1 Å². The van der Waals surface area contributed by atoms with Crippen LogP contribution in [0.3, 0.4) is 0 Å². The Labute approximate surface area is 170 Å². The third-order valence-corrected chi connectivity index (χ3v) is 5.21. The van der Waals surface area contributed by atoms with Gasteiger partial charge in [0, 0.05) is 19.6 Å². The lowest BCUT2D eigenvalue weighted by molar-refractivity contribution is 0.265. The van der Waals surface area contributed by atoms with Crippen molar-refractivity contribution in [2.24, 2.45) is 0 Å². The summed E-state index contributed by atoms with van der Waals surface area (Å²) >= 11 is 0. The van der Waals surface area contributed by atoms with E-state index in [0.717, 1.165) is 25.7 Å². The molecule has 1 N–H and O–H groups in total. The zero-order valence-electron chi connectivity index (χ0n) is 17.3. The number of aliphatic hydroxyl groups excluding tert-OH is 1. The molecule has 3 aromatic rings. The molecule has 0 saturated carbocycles. The fourth-order valence-electron chi connectivity index (χ4n) is 3.72. The summed E-state index contributed by atoms with van der Waals surface area (Å²) in [5.41, 5.74) is 1.38. The standard InChI is InChI=1S/C22H30N4O3/c1-3-5-14-25-20-19(24(13-4-2)18(16-27)23-20)21(28)26(22(25)29)15-9-12-17-10-7-6-8-11-17/h6-8,10-11,27H,3-5,9,12-16H2,1-2H3. The van der Waals surface area contributed by atoms with Crippen LogP contribution in [0.4, 0.5) is 0 Å². The number of aryl methyl sites for hydroxylation is 3. The van der Waals surface area contributed by atoms with Crippen LogP contribution in [-0.4, -0.2) is 23.8 Å². The largest absolute Gasteiger partial charge is 0.388 e. The van der Waals surface area contributed by atoms with Gasteiger partial charge in [-0.25, -0.2) is 9.78 Å². The van der Waals surface area contributed by atoms with Crippen molar-refractivity contribution < 1.29 is 5.11 Å². The van der Waals surface area contributed by atoms with Crippen molar-refractivity contribution in [3.05, 3.63) is 62.6 Å². The average Bonchev–Trinajstić information content (AvgIpc) is 3.10. The predicted octanol–water partition coefficient (Wildman–Crippen LogP) is 2.69. The quantitative estimate of drug-likeness (QED) is 0.569. The van der Waals surface area contributed by atoms with Gasteiger partial charge in [0.05, 0.1) is 0 Å². The number of nitrogens with zero attached hydrogens (tertiary/aromatic N) is 4. The van der Waals surface area contributed by atoms with Gasteiger partial charge < -0.3 is 9.67 Å². The molecule has 2 aromatic heterocycles. The Kier molecular flexibility index (Phi) is 7.04. The summed E-state index contributed by atoms with van der Waals surface area (Å²) in [6.07, 6.45) is 4.07. The second kappa shape index (κ2) is 9.69. The summed E-state index contributed by atoms with van der Waals surface area (Å²) in [6, 6.07) is 10.1. The molecule has 0 atom stereocenters. The molecule has 3 rings (SSSR count). The normalized spacial score (nSPS) is 11.4. The average molecular weight is 399 g/mol. The summed E-state index contributed by atoms with van der Waals surface area (Å²) < 4.78 is 4.72. The number of aliphatic hydroxyl groups is 1. The number of benzene rings is 1. The topological polar surface area (TPSA) is 82.1 Å². The van der Waals surface area contributed by atoms with Crippen LogP contribution in [0, 0.1) is 0 Å². The second-order valence-electron chi connectivity index (χ2n) is 7.34. The van der Waals surface area contributed by atoms with Crippen LogP contribution in [-0.2, 0) is 32.7 Å². The Morgan fingerprint density at radius 3 is 2.28 bits per heavy atom. The zero-order valence-corrected chi connectivity index (χ0v) is 17.3. The summed E-state index contributed by atoms with van der Waals surface area (Å²) in [5.74, 6) is 0.436. The van der Waals surface area contributed by atoms with E-state index >= 15 is 0 Å². The van der Waals surface area contributed by atoms with Crippen LogP contribution in [0.5, 0.6) is 0 Å². The first kappa shape index (κ1) is 21.0. The first-order chi connectivity index (χ1) is 14.1. The van der Waals surface area contributed by atoms with Crippen molar-refractivity contribution in [1.82, 2.24) is 18.7 Å². The van der Waals surface area contributed by atoms with Gasteiger partial charge in [-0.3, -0.25) is 13.9 Å². The number of hydrogen-bond donors (Lipinski definition) is 1. The molecule has 2 heterocycles. The Morgan fingerprint density at radius 2 is 1.62 bits per heavy atom. The molecule has 0 radical (unpaired) electrons. The molecule has 0 aliphatic heterocycles. The Morgan fingerprint density at radius 1 is 0.897 bits per heavy atom. The molecule has 0 aliphatic rings. The molecule has 0 aliphatic carbocycles. The van der Waals surface area contributed by atoms with Crippen LogP contribution in [0.25, 0.3) is 11.2 Å². The first-order valence-corrected chi connectivity index (χ1v) is 10.5. The number of rotatable bonds is 10.